The van der Waals surface area contributed by atoms with Gasteiger partial charge >= 0.3 is 5.69 Å². The van der Waals surface area contributed by atoms with Gasteiger partial charge in [0.15, 0.2) is 23.0 Å². The van der Waals surface area contributed by atoms with Crippen molar-refractivity contribution in [3.05, 3.63) is 89.8 Å². The number of carbonyl (C=O) groups is 2. The largest absolute Gasteiger partial charge is 0.490 e. The van der Waals surface area contributed by atoms with Crippen LogP contribution in [0.2, 0.25) is 5.02 Å². The summed E-state index contributed by atoms with van der Waals surface area (Å²) in [5.74, 6) is 0.503. The number of benzene rings is 3. The molecule has 5 rings (SSSR count). The number of hydrogen-bond acceptors (Lipinski definition) is 11. The van der Waals surface area contributed by atoms with E-state index in [1.807, 2.05) is 0 Å². The maximum Gasteiger partial charge on any atom is 0.318 e. The van der Waals surface area contributed by atoms with E-state index < -0.39 is 32.4 Å². The average Bonchev–Trinajstić information content (AvgIpc) is 3.49. The first kappa shape index (κ1) is 27.7. The van der Waals surface area contributed by atoms with Gasteiger partial charge in [-0.25, -0.2) is 0 Å². The minimum absolute atomic E-state index is 0.0533. The van der Waals surface area contributed by atoms with Gasteiger partial charge in [0.1, 0.15) is 0 Å². The Labute approximate surface area is 240 Å². The van der Waals surface area contributed by atoms with E-state index in [0.717, 1.165) is 34.9 Å². The Morgan fingerprint density at radius 1 is 1.00 bits per heavy atom. The normalized spacial score (nSPS) is 15.0. The van der Waals surface area contributed by atoms with E-state index >= 15 is 0 Å². The molecule has 13 nitrogen and oxygen atoms in total. The maximum atomic E-state index is 13.1. The number of carbonyl (C=O) groups excluding carboxylic acids is 2. The lowest BCUT2D eigenvalue weighted by atomic mass is 10.1. The van der Waals surface area contributed by atoms with Crippen molar-refractivity contribution in [3.8, 4) is 28.7 Å². The van der Waals surface area contributed by atoms with Gasteiger partial charge < -0.3 is 18.9 Å². The summed E-state index contributed by atoms with van der Waals surface area (Å²) in [5.41, 5.74) is -0.0494. The van der Waals surface area contributed by atoms with Crippen LogP contribution in [0.5, 0.6) is 28.7 Å². The molecule has 1 fully saturated rings. The zero-order valence-corrected chi connectivity index (χ0v) is 22.6. The lowest BCUT2D eigenvalue weighted by molar-refractivity contribution is -0.394. The summed E-state index contributed by atoms with van der Waals surface area (Å²) in [6.45, 7) is 1.92. The summed E-state index contributed by atoms with van der Waals surface area (Å²) >= 11 is 7.08. The van der Waals surface area contributed by atoms with Crippen LogP contribution in [-0.2, 0) is 11.3 Å². The average molecular weight is 600 g/mol. The fraction of sp³-hybridized carbons (Fsp3) is 0.154. The summed E-state index contributed by atoms with van der Waals surface area (Å²) < 4.78 is 22.0. The van der Waals surface area contributed by atoms with E-state index in [2.05, 4.69) is 0 Å². The van der Waals surface area contributed by atoms with Gasteiger partial charge in [-0.1, -0.05) is 17.7 Å². The van der Waals surface area contributed by atoms with Crippen molar-refractivity contribution in [2.75, 3.05) is 13.4 Å². The van der Waals surface area contributed by atoms with Gasteiger partial charge in [-0.3, -0.25) is 34.7 Å². The molecular weight excluding hydrogens is 582 g/mol. The predicted molar refractivity (Wildman–Crippen MR) is 147 cm³/mol. The summed E-state index contributed by atoms with van der Waals surface area (Å²) in [5, 5.41) is 22.4. The van der Waals surface area contributed by atoms with Crippen LogP contribution in [0.4, 0.5) is 16.2 Å². The molecule has 0 N–H and O–H groups in total. The molecule has 3 aromatic rings. The van der Waals surface area contributed by atoms with Gasteiger partial charge in [0, 0.05) is 17.2 Å². The lowest BCUT2D eigenvalue weighted by Crippen LogP contribution is -2.27. The first-order chi connectivity index (χ1) is 19.6. The number of nitro groups is 2. The Bertz CT molecular complexity index is 1640. The van der Waals surface area contributed by atoms with Crippen LogP contribution in [0.3, 0.4) is 0 Å². The van der Waals surface area contributed by atoms with E-state index in [1.54, 1.807) is 31.2 Å². The van der Waals surface area contributed by atoms with Crippen molar-refractivity contribution in [1.29, 1.82) is 0 Å². The molecule has 41 heavy (non-hydrogen) atoms. The highest BCUT2D eigenvalue weighted by molar-refractivity contribution is 8.18. The number of amides is 2. The Morgan fingerprint density at radius 3 is 2.44 bits per heavy atom. The predicted octanol–water partition coefficient (Wildman–Crippen LogP) is 6.31. The number of nitro benzene ring substituents is 2. The maximum absolute atomic E-state index is 13.1. The third-order valence-electron chi connectivity index (χ3n) is 5.88. The second-order valence-corrected chi connectivity index (χ2v) is 9.87. The third-order valence-corrected chi connectivity index (χ3v) is 7.14. The Hall–Kier alpha value is -4.82. The van der Waals surface area contributed by atoms with Gasteiger partial charge in [0.2, 0.25) is 12.5 Å². The lowest BCUT2D eigenvalue weighted by Gasteiger charge is -2.14. The van der Waals surface area contributed by atoms with Crippen LogP contribution in [0.25, 0.3) is 6.08 Å². The van der Waals surface area contributed by atoms with Crippen molar-refractivity contribution in [1.82, 2.24) is 4.90 Å². The molecule has 15 heteroatoms. The number of thioether (sulfide) groups is 1. The molecule has 0 spiro atoms. The van der Waals surface area contributed by atoms with Crippen molar-refractivity contribution < 1.29 is 38.4 Å². The molecule has 210 valence electrons. The summed E-state index contributed by atoms with van der Waals surface area (Å²) in [7, 11) is 0. The molecule has 0 aromatic heterocycles. The number of non-ortho nitro benzene ring substituents is 1. The molecule has 1 saturated heterocycles. The highest BCUT2D eigenvalue weighted by Gasteiger charge is 2.36. The first-order valence-electron chi connectivity index (χ1n) is 11.9. The zero-order valence-electron chi connectivity index (χ0n) is 21.0. The van der Waals surface area contributed by atoms with Crippen LogP contribution in [-0.4, -0.2) is 39.3 Å². The Balaban J connectivity index is 1.38. The van der Waals surface area contributed by atoms with Gasteiger partial charge in [-0.05, 0) is 60.2 Å². The summed E-state index contributed by atoms with van der Waals surface area (Å²) in [6.07, 6.45) is 1.51. The van der Waals surface area contributed by atoms with Crippen LogP contribution < -0.4 is 18.9 Å². The molecule has 0 bridgehead atoms. The van der Waals surface area contributed by atoms with Crippen LogP contribution in [0, 0.1) is 20.2 Å². The number of nitrogens with zero attached hydrogens (tertiary/aromatic N) is 3. The minimum atomic E-state index is -0.788. The van der Waals surface area contributed by atoms with E-state index in [4.69, 9.17) is 30.5 Å². The van der Waals surface area contributed by atoms with E-state index in [9.17, 15) is 29.8 Å². The van der Waals surface area contributed by atoms with Gasteiger partial charge in [0.05, 0.1) is 34.0 Å². The molecule has 0 atom stereocenters. The van der Waals surface area contributed by atoms with Crippen LogP contribution in [0.15, 0.2) is 53.4 Å². The summed E-state index contributed by atoms with van der Waals surface area (Å²) in [6, 6.07) is 10.8. The summed E-state index contributed by atoms with van der Waals surface area (Å²) in [4.78, 5) is 48.0. The molecule has 3 aromatic carbocycles. The second kappa shape index (κ2) is 11.3. The highest BCUT2D eigenvalue weighted by Crippen LogP contribution is 2.41. The number of halogens is 1. The van der Waals surface area contributed by atoms with Crippen LogP contribution >= 0.6 is 23.4 Å². The molecule has 0 saturated carbocycles. The molecule has 2 aliphatic heterocycles. The van der Waals surface area contributed by atoms with Gasteiger partial charge in [0.25, 0.3) is 16.8 Å². The fourth-order valence-electron chi connectivity index (χ4n) is 3.97. The molecule has 2 aliphatic rings. The van der Waals surface area contributed by atoms with Crippen LogP contribution in [0.1, 0.15) is 18.1 Å². The minimum Gasteiger partial charge on any atom is -0.490 e. The number of fused-ring (bicyclic) bond motifs is 1. The quantitative estimate of drug-likeness (QED) is 0.154. The zero-order chi connectivity index (χ0) is 29.3. The van der Waals surface area contributed by atoms with E-state index in [-0.39, 0.29) is 42.1 Å². The molecule has 0 radical (unpaired) electrons. The second-order valence-electron chi connectivity index (χ2n) is 8.47. The Morgan fingerprint density at radius 2 is 1.73 bits per heavy atom. The number of imide groups is 1. The smallest absolute Gasteiger partial charge is 0.318 e. The number of ether oxygens (including phenoxy) is 4. The van der Waals surface area contributed by atoms with E-state index in [0.29, 0.717) is 27.6 Å². The Kier molecular flexibility index (Phi) is 7.68. The highest BCUT2D eigenvalue weighted by atomic mass is 35.5. The van der Waals surface area contributed by atoms with Crippen molar-refractivity contribution in [2.45, 2.75) is 13.5 Å². The van der Waals surface area contributed by atoms with Crippen molar-refractivity contribution in [3.63, 3.8) is 0 Å². The van der Waals surface area contributed by atoms with Gasteiger partial charge in [-0.15, -0.1) is 0 Å². The molecular formula is C26H18ClN3O10S. The monoisotopic (exact) mass is 599 g/mol. The first-order valence-corrected chi connectivity index (χ1v) is 13.0. The number of rotatable bonds is 9. The van der Waals surface area contributed by atoms with Crippen molar-refractivity contribution in [2.24, 2.45) is 0 Å². The SMILES string of the molecule is CCOc1cc(/C=C2\SC(=O)N(Cc3cc4c(cc3Cl)OCO4)C2=O)ccc1Oc1ccc([N+](=O)[O-])cc1[N+](=O)[O-]. The number of hydrogen-bond donors (Lipinski definition) is 0. The third kappa shape index (κ3) is 5.73. The standard InChI is InChI=1S/C26H18ClN3O10S/c1-2-37-21-7-14(3-5-20(21)40-19-6-4-16(29(33)34)10-18(19)30(35)36)8-24-25(31)28(26(32)41-24)12-15-9-22-23(11-17(15)27)39-13-38-22/h3-11H,2,12-13H2,1H3/b24-8-. The molecule has 2 heterocycles. The molecule has 0 unspecified atom stereocenters. The van der Waals surface area contributed by atoms with Crippen molar-refractivity contribution >= 4 is 52.0 Å². The van der Waals surface area contributed by atoms with Gasteiger partial charge in [-0.2, -0.15) is 0 Å². The fourth-order valence-corrected chi connectivity index (χ4v) is 5.02. The topological polar surface area (TPSA) is 161 Å². The molecule has 0 aliphatic carbocycles. The van der Waals surface area contributed by atoms with E-state index in [1.165, 1.54) is 12.1 Å². The molecule has 2 amide bonds.